The predicted molar refractivity (Wildman–Crippen MR) is 102 cm³/mol. The Kier molecular flexibility index (Phi) is 4.87. The molecule has 6 heteroatoms. The van der Waals surface area contributed by atoms with Crippen LogP contribution in [0.4, 0.5) is 5.69 Å². The third-order valence-corrected chi connectivity index (χ3v) is 6.37. The van der Waals surface area contributed by atoms with Gasteiger partial charge in [0, 0.05) is 34.5 Å². The fourth-order valence-electron chi connectivity index (χ4n) is 4.02. The molecule has 1 aromatic carbocycles. The van der Waals surface area contributed by atoms with E-state index in [4.69, 9.17) is 9.47 Å². The van der Waals surface area contributed by atoms with Crippen molar-refractivity contribution >= 4 is 22.9 Å². The SMILES string of the molecule is COc1ccc(NC(=O)C[NH+]2CCc3sccc3[C@@H]2C2CC2)cc1OC. The standard InChI is InChI=1S/C20H24N2O3S/c1-24-16-6-5-14(11-17(16)25-2)21-19(23)12-22-9-7-18-15(8-10-26-18)20(22)13-3-4-13/h5-6,8,10-11,13,20H,3-4,7,9,12H2,1-2H3,(H,21,23)/p+1/t20-/m0/s1. The molecule has 5 nitrogen and oxygen atoms in total. The number of benzene rings is 1. The molecule has 4 rings (SSSR count). The van der Waals surface area contributed by atoms with Gasteiger partial charge in [0.05, 0.1) is 20.8 Å². The van der Waals surface area contributed by atoms with Gasteiger partial charge in [0.1, 0.15) is 6.04 Å². The number of fused-ring (bicyclic) bond motifs is 1. The van der Waals surface area contributed by atoms with Crippen molar-refractivity contribution in [2.75, 3.05) is 32.6 Å². The van der Waals surface area contributed by atoms with E-state index in [9.17, 15) is 4.79 Å². The molecule has 0 bridgehead atoms. The lowest BCUT2D eigenvalue weighted by atomic mass is 9.96. The van der Waals surface area contributed by atoms with E-state index in [1.165, 1.54) is 28.2 Å². The van der Waals surface area contributed by atoms with Crippen LogP contribution in [-0.4, -0.2) is 33.2 Å². The van der Waals surface area contributed by atoms with Gasteiger partial charge in [0.2, 0.25) is 0 Å². The Balaban J connectivity index is 1.45. The van der Waals surface area contributed by atoms with E-state index in [-0.39, 0.29) is 5.91 Å². The maximum absolute atomic E-state index is 12.7. The number of ether oxygens (including phenoxy) is 2. The van der Waals surface area contributed by atoms with Crippen LogP contribution in [-0.2, 0) is 11.2 Å². The van der Waals surface area contributed by atoms with Gasteiger partial charge < -0.3 is 19.7 Å². The average Bonchev–Trinajstić information content (AvgIpc) is 3.37. The lowest BCUT2D eigenvalue weighted by molar-refractivity contribution is -0.928. The molecule has 1 aliphatic heterocycles. The number of anilines is 1. The summed E-state index contributed by atoms with van der Waals surface area (Å²) in [6.07, 6.45) is 3.66. The van der Waals surface area contributed by atoms with Crippen molar-refractivity contribution in [1.29, 1.82) is 0 Å². The predicted octanol–water partition coefficient (Wildman–Crippen LogP) is 2.30. The van der Waals surface area contributed by atoms with Crippen molar-refractivity contribution in [2.45, 2.75) is 25.3 Å². The molecular weight excluding hydrogens is 348 g/mol. The van der Waals surface area contributed by atoms with Gasteiger partial charge in [-0.05, 0) is 36.4 Å². The number of methoxy groups -OCH3 is 2. The Morgan fingerprint density at radius 1 is 1.23 bits per heavy atom. The first kappa shape index (κ1) is 17.4. The maximum Gasteiger partial charge on any atom is 0.279 e. The summed E-state index contributed by atoms with van der Waals surface area (Å²) in [5, 5.41) is 5.22. The molecule has 26 heavy (non-hydrogen) atoms. The second-order valence-corrected chi connectivity index (χ2v) is 8.07. The smallest absolute Gasteiger partial charge is 0.279 e. The molecule has 2 aromatic rings. The van der Waals surface area contributed by atoms with Crippen molar-refractivity contribution in [3.8, 4) is 11.5 Å². The highest BCUT2D eigenvalue weighted by molar-refractivity contribution is 7.10. The summed E-state index contributed by atoms with van der Waals surface area (Å²) < 4.78 is 10.6. The molecule has 1 saturated carbocycles. The molecule has 1 fully saturated rings. The molecule has 2 N–H and O–H groups in total. The Morgan fingerprint density at radius 3 is 2.77 bits per heavy atom. The van der Waals surface area contributed by atoms with Crippen molar-refractivity contribution in [2.24, 2.45) is 5.92 Å². The van der Waals surface area contributed by atoms with Gasteiger partial charge in [0.25, 0.3) is 5.91 Å². The second kappa shape index (κ2) is 7.29. The van der Waals surface area contributed by atoms with Crippen molar-refractivity contribution in [1.82, 2.24) is 0 Å². The van der Waals surface area contributed by atoms with Crippen LogP contribution < -0.4 is 19.7 Å². The first-order chi connectivity index (χ1) is 12.7. The van der Waals surface area contributed by atoms with Gasteiger partial charge in [-0.15, -0.1) is 11.3 Å². The summed E-state index contributed by atoms with van der Waals surface area (Å²) in [6.45, 7) is 1.54. The molecule has 1 aromatic heterocycles. The highest BCUT2D eigenvalue weighted by atomic mass is 32.1. The molecule has 0 saturated heterocycles. The van der Waals surface area contributed by atoms with E-state index in [1.54, 1.807) is 20.3 Å². The van der Waals surface area contributed by atoms with Crippen LogP contribution in [0, 0.1) is 5.92 Å². The highest BCUT2D eigenvalue weighted by Crippen LogP contribution is 2.42. The minimum absolute atomic E-state index is 0.0524. The molecule has 2 heterocycles. The summed E-state index contributed by atoms with van der Waals surface area (Å²) in [5.41, 5.74) is 2.22. The number of thiophene rings is 1. The van der Waals surface area contributed by atoms with Crippen molar-refractivity contribution in [3.05, 3.63) is 40.1 Å². The Morgan fingerprint density at radius 2 is 2.04 bits per heavy atom. The van der Waals surface area contributed by atoms with Crippen molar-refractivity contribution in [3.63, 3.8) is 0 Å². The number of hydrogen-bond acceptors (Lipinski definition) is 4. The normalized spacial score (nSPS) is 21.8. The zero-order valence-corrected chi connectivity index (χ0v) is 16.0. The number of quaternary nitrogens is 1. The summed E-state index contributed by atoms with van der Waals surface area (Å²) in [7, 11) is 3.20. The second-order valence-electron chi connectivity index (χ2n) is 7.07. The van der Waals surface area contributed by atoms with Crippen LogP contribution in [0.1, 0.15) is 29.3 Å². The Bertz CT molecular complexity index is 800. The number of hydrogen-bond donors (Lipinski definition) is 2. The zero-order valence-electron chi connectivity index (χ0n) is 15.2. The van der Waals surface area contributed by atoms with Crippen LogP contribution in [0.15, 0.2) is 29.6 Å². The van der Waals surface area contributed by atoms with Gasteiger partial charge >= 0.3 is 0 Å². The topological polar surface area (TPSA) is 52.0 Å². The highest BCUT2D eigenvalue weighted by Gasteiger charge is 2.43. The minimum Gasteiger partial charge on any atom is -0.493 e. The molecule has 138 valence electrons. The summed E-state index contributed by atoms with van der Waals surface area (Å²) in [5.74, 6) is 2.07. The Labute approximate surface area is 157 Å². The van der Waals surface area contributed by atoms with E-state index in [1.807, 2.05) is 23.5 Å². The van der Waals surface area contributed by atoms with Crippen LogP contribution in [0.3, 0.4) is 0 Å². The summed E-state index contributed by atoms with van der Waals surface area (Å²) >= 11 is 1.87. The molecule has 1 unspecified atom stereocenters. The quantitative estimate of drug-likeness (QED) is 0.817. The van der Waals surface area contributed by atoms with Crippen LogP contribution >= 0.6 is 11.3 Å². The molecule has 1 aliphatic carbocycles. The number of carbonyl (C=O) groups excluding carboxylic acids is 1. The first-order valence-corrected chi connectivity index (χ1v) is 10.00. The van der Waals surface area contributed by atoms with Crippen LogP contribution in [0.5, 0.6) is 11.5 Å². The fraction of sp³-hybridized carbons (Fsp3) is 0.450. The third-order valence-electron chi connectivity index (χ3n) is 5.38. The third kappa shape index (κ3) is 3.44. The summed E-state index contributed by atoms with van der Waals surface area (Å²) in [6, 6.07) is 8.22. The lowest BCUT2D eigenvalue weighted by Gasteiger charge is -2.32. The van der Waals surface area contributed by atoms with E-state index in [0.717, 1.165) is 24.6 Å². The number of carbonyl (C=O) groups is 1. The first-order valence-electron chi connectivity index (χ1n) is 9.12. The van der Waals surface area contributed by atoms with Crippen molar-refractivity contribution < 1.29 is 19.2 Å². The monoisotopic (exact) mass is 373 g/mol. The van der Waals surface area contributed by atoms with Gasteiger partial charge in [-0.3, -0.25) is 4.79 Å². The van der Waals surface area contributed by atoms with Gasteiger partial charge in [-0.1, -0.05) is 0 Å². The lowest BCUT2D eigenvalue weighted by Crippen LogP contribution is -3.14. The molecule has 2 atom stereocenters. The molecule has 1 amide bonds. The Hall–Kier alpha value is -2.05. The molecule has 2 aliphatic rings. The number of nitrogens with one attached hydrogen (secondary N) is 2. The van der Waals surface area contributed by atoms with Crippen LogP contribution in [0.25, 0.3) is 0 Å². The van der Waals surface area contributed by atoms with E-state index >= 15 is 0 Å². The largest absolute Gasteiger partial charge is 0.493 e. The molecule has 0 spiro atoms. The van der Waals surface area contributed by atoms with Crippen LogP contribution in [0.2, 0.25) is 0 Å². The maximum atomic E-state index is 12.7. The fourth-order valence-corrected chi connectivity index (χ4v) is 4.95. The summed E-state index contributed by atoms with van der Waals surface area (Å²) in [4.78, 5) is 15.6. The zero-order chi connectivity index (χ0) is 18.1. The molecule has 0 radical (unpaired) electrons. The van der Waals surface area contributed by atoms with E-state index in [2.05, 4.69) is 16.8 Å². The van der Waals surface area contributed by atoms with E-state index in [0.29, 0.717) is 24.1 Å². The van der Waals surface area contributed by atoms with E-state index < -0.39 is 0 Å². The average molecular weight is 373 g/mol. The van der Waals surface area contributed by atoms with Gasteiger partial charge in [-0.2, -0.15) is 0 Å². The molecular formula is C20H25N2O3S+. The number of amides is 1. The minimum atomic E-state index is 0.0524. The van der Waals surface area contributed by atoms with Gasteiger partial charge in [-0.25, -0.2) is 0 Å². The van der Waals surface area contributed by atoms with Gasteiger partial charge in [0.15, 0.2) is 18.0 Å². The number of rotatable bonds is 6.